The molecule has 0 aliphatic carbocycles. The number of rotatable bonds is 1. The van der Waals surface area contributed by atoms with E-state index < -0.39 is 12.1 Å². The van der Waals surface area contributed by atoms with E-state index in [1.807, 2.05) is 20.2 Å². The van der Waals surface area contributed by atoms with E-state index in [0.29, 0.717) is 0 Å². The molecular weight excluding hydrogens is 279 g/mol. The van der Waals surface area contributed by atoms with Gasteiger partial charge >= 0.3 is 12.1 Å². The predicted molar refractivity (Wildman–Crippen MR) is 63.0 cm³/mol. The third-order valence-corrected chi connectivity index (χ3v) is 2.16. The number of hydrogen-bond donors (Lipinski definition) is 2. The zero-order chi connectivity index (χ0) is 15.5. The van der Waals surface area contributed by atoms with Crippen molar-refractivity contribution in [1.29, 1.82) is 0 Å². The number of aromatic nitrogens is 4. The van der Waals surface area contributed by atoms with E-state index in [1.54, 1.807) is 17.1 Å². The Bertz CT molecular complexity index is 583. The fourth-order valence-corrected chi connectivity index (χ4v) is 1.18. The molecule has 0 fully saturated rings. The topological polar surface area (TPSA) is 99.0 Å². The lowest BCUT2D eigenvalue weighted by molar-refractivity contribution is -0.192. The van der Waals surface area contributed by atoms with Gasteiger partial charge in [0.25, 0.3) is 0 Å². The van der Waals surface area contributed by atoms with Gasteiger partial charge in [-0.05, 0) is 6.92 Å². The van der Waals surface area contributed by atoms with Crippen LogP contribution in [0.5, 0.6) is 0 Å². The Morgan fingerprint density at radius 1 is 1.40 bits per heavy atom. The monoisotopic (exact) mass is 291 g/mol. The van der Waals surface area contributed by atoms with Crippen LogP contribution < -0.4 is 5.84 Å². The van der Waals surface area contributed by atoms with Crippen molar-refractivity contribution < 1.29 is 23.1 Å². The summed E-state index contributed by atoms with van der Waals surface area (Å²) in [4.78, 5) is 13.2. The number of halogens is 3. The standard InChI is InChI=1S/C8H11N5.C2HF3O2/c1-6-11-8(5-13(6)9)7-3-10-12(2)4-7;3-2(4,5)1(6)7/h3-5H,9H2,1-2H3;(H,6,7). The predicted octanol–water partition coefficient (Wildman–Crippen LogP) is 0.939. The molecule has 2 rings (SSSR count). The van der Waals surface area contributed by atoms with Crippen molar-refractivity contribution in [2.45, 2.75) is 13.1 Å². The highest BCUT2D eigenvalue weighted by Crippen LogP contribution is 2.15. The highest BCUT2D eigenvalue weighted by molar-refractivity contribution is 5.73. The van der Waals surface area contributed by atoms with Crippen LogP contribution in [0.4, 0.5) is 13.2 Å². The van der Waals surface area contributed by atoms with Crippen LogP contribution in [0.1, 0.15) is 5.82 Å². The normalized spacial score (nSPS) is 10.8. The maximum Gasteiger partial charge on any atom is 0.490 e. The molecule has 0 saturated heterocycles. The Balaban J connectivity index is 0.000000246. The van der Waals surface area contributed by atoms with Crippen molar-refractivity contribution in [2.24, 2.45) is 7.05 Å². The molecule has 0 bridgehead atoms. The minimum Gasteiger partial charge on any atom is -0.475 e. The second-order valence-electron chi connectivity index (χ2n) is 3.79. The highest BCUT2D eigenvalue weighted by atomic mass is 19.4. The Labute approximate surface area is 111 Å². The first-order valence-electron chi connectivity index (χ1n) is 5.21. The molecule has 0 amide bonds. The largest absolute Gasteiger partial charge is 0.490 e. The fourth-order valence-electron chi connectivity index (χ4n) is 1.18. The number of nitrogens with zero attached hydrogens (tertiary/aromatic N) is 4. The van der Waals surface area contributed by atoms with Gasteiger partial charge in [0.1, 0.15) is 5.82 Å². The number of aliphatic carboxylic acids is 1. The van der Waals surface area contributed by atoms with Gasteiger partial charge in [-0.15, -0.1) is 0 Å². The van der Waals surface area contributed by atoms with Gasteiger partial charge in [-0.2, -0.15) is 18.3 Å². The first-order valence-corrected chi connectivity index (χ1v) is 5.21. The van der Waals surface area contributed by atoms with Gasteiger partial charge in [0, 0.05) is 18.8 Å². The quantitative estimate of drug-likeness (QED) is 0.762. The SMILES string of the molecule is Cc1nc(-c2cnn(C)c2)cn1N.O=C(O)C(F)(F)F. The summed E-state index contributed by atoms with van der Waals surface area (Å²) in [7, 11) is 1.87. The molecule has 0 aromatic carbocycles. The van der Waals surface area contributed by atoms with Crippen LogP contribution in [0.15, 0.2) is 18.6 Å². The van der Waals surface area contributed by atoms with Crippen molar-refractivity contribution in [2.75, 3.05) is 5.84 Å². The molecule has 10 heteroatoms. The van der Waals surface area contributed by atoms with E-state index in [1.165, 1.54) is 4.68 Å². The summed E-state index contributed by atoms with van der Waals surface area (Å²) in [5.74, 6) is 3.65. The minimum atomic E-state index is -5.08. The molecule has 0 atom stereocenters. The number of aryl methyl sites for hydroxylation is 2. The molecule has 2 aromatic rings. The molecule has 2 aromatic heterocycles. The summed E-state index contributed by atoms with van der Waals surface area (Å²) in [5.41, 5.74) is 1.84. The Kier molecular flexibility index (Phi) is 4.38. The van der Waals surface area contributed by atoms with E-state index >= 15 is 0 Å². The molecule has 0 aliphatic rings. The van der Waals surface area contributed by atoms with Crippen LogP contribution in [-0.2, 0) is 11.8 Å². The Hall–Kier alpha value is -2.52. The number of alkyl halides is 3. The third kappa shape index (κ3) is 4.00. The van der Waals surface area contributed by atoms with Gasteiger partial charge in [0.05, 0.1) is 18.1 Å². The summed E-state index contributed by atoms with van der Waals surface area (Å²) in [6, 6.07) is 0. The molecule has 7 nitrogen and oxygen atoms in total. The van der Waals surface area contributed by atoms with Crippen molar-refractivity contribution in [3.05, 3.63) is 24.4 Å². The van der Waals surface area contributed by atoms with E-state index in [0.717, 1.165) is 17.1 Å². The first kappa shape index (κ1) is 15.5. The lowest BCUT2D eigenvalue weighted by Crippen LogP contribution is -2.21. The van der Waals surface area contributed by atoms with E-state index in [4.69, 9.17) is 15.7 Å². The summed E-state index contributed by atoms with van der Waals surface area (Å²) in [5, 5.41) is 11.2. The van der Waals surface area contributed by atoms with Crippen molar-refractivity contribution in [1.82, 2.24) is 19.4 Å². The molecule has 0 spiro atoms. The van der Waals surface area contributed by atoms with Crippen LogP contribution in [0, 0.1) is 6.92 Å². The summed E-state index contributed by atoms with van der Waals surface area (Å²) < 4.78 is 35.0. The average molecular weight is 291 g/mol. The number of nitrogen functional groups attached to an aromatic ring is 1. The zero-order valence-corrected chi connectivity index (χ0v) is 10.6. The molecule has 0 radical (unpaired) electrons. The van der Waals surface area contributed by atoms with Gasteiger partial charge < -0.3 is 10.9 Å². The summed E-state index contributed by atoms with van der Waals surface area (Å²) >= 11 is 0. The lowest BCUT2D eigenvalue weighted by atomic mass is 10.3. The molecule has 0 saturated carbocycles. The highest BCUT2D eigenvalue weighted by Gasteiger charge is 2.38. The summed E-state index contributed by atoms with van der Waals surface area (Å²) in [6.45, 7) is 1.86. The maximum atomic E-state index is 10.6. The molecule has 110 valence electrons. The number of carbonyl (C=O) groups is 1. The van der Waals surface area contributed by atoms with Crippen LogP contribution in [0.3, 0.4) is 0 Å². The molecule has 0 unspecified atom stereocenters. The second-order valence-corrected chi connectivity index (χ2v) is 3.79. The van der Waals surface area contributed by atoms with Gasteiger partial charge in [0.2, 0.25) is 0 Å². The number of carboxylic acids is 1. The number of carboxylic acid groups (broad SMARTS) is 1. The zero-order valence-electron chi connectivity index (χ0n) is 10.6. The minimum absolute atomic E-state index is 0.791. The van der Waals surface area contributed by atoms with Crippen LogP contribution in [0.25, 0.3) is 11.3 Å². The van der Waals surface area contributed by atoms with E-state index in [-0.39, 0.29) is 0 Å². The Morgan fingerprint density at radius 2 is 1.95 bits per heavy atom. The third-order valence-electron chi connectivity index (χ3n) is 2.16. The van der Waals surface area contributed by atoms with Crippen LogP contribution in [-0.4, -0.2) is 36.7 Å². The molecule has 0 aliphatic heterocycles. The average Bonchev–Trinajstić information content (AvgIpc) is 2.86. The molecule has 20 heavy (non-hydrogen) atoms. The first-order chi connectivity index (χ1) is 9.11. The van der Waals surface area contributed by atoms with Gasteiger partial charge in [-0.25, -0.2) is 9.78 Å². The van der Waals surface area contributed by atoms with Gasteiger partial charge in [-0.3, -0.25) is 9.36 Å². The fraction of sp³-hybridized carbons (Fsp3) is 0.300. The molecule has 2 heterocycles. The summed E-state index contributed by atoms with van der Waals surface area (Å²) in [6.07, 6.45) is 0.371. The van der Waals surface area contributed by atoms with E-state index in [2.05, 4.69) is 10.1 Å². The number of imidazole rings is 1. The van der Waals surface area contributed by atoms with Gasteiger partial charge in [0.15, 0.2) is 0 Å². The van der Waals surface area contributed by atoms with Crippen LogP contribution >= 0.6 is 0 Å². The van der Waals surface area contributed by atoms with E-state index in [9.17, 15) is 13.2 Å². The molecular formula is C10H12F3N5O2. The molecule has 3 N–H and O–H groups in total. The van der Waals surface area contributed by atoms with Crippen molar-refractivity contribution in [3.8, 4) is 11.3 Å². The number of nitrogens with two attached hydrogens (primary N) is 1. The van der Waals surface area contributed by atoms with Crippen LogP contribution in [0.2, 0.25) is 0 Å². The van der Waals surface area contributed by atoms with Crippen molar-refractivity contribution >= 4 is 5.97 Å². The van der Waals surface area contributed by atoms with Crippen molar-refractivity contribution in [3.63, 3.8) is 0 Å². The second kappa shape index (κ2) is 5.63. The number of hydrogen-bond acceptors (Lipinski definition) is 4. The van der Waals surface area contributed by atoms with Gasteiger partial charge in [-0.1, -0.05) is 0 Å². The maximum absolute atomic E-state index is 10.6. The smallest absolute Gasteiger partial charge is 0.475 e. The lowest BCUT2D eigenvalue weighted by Gasteiger charge is -1.93. The Morgan fingerprint density at radius 3 is 2.25 bits per heavy atom.